The Labute approximate surface area is 104 Å². The molecule has 0 aliphatic carbocycles. The van der Waals surface area contributed by atoms with Crippen LogP contribution >= 0.6 is 0 Å². The lowest BCUT2D eigenvalue weighted by molar-refractivity contribution is 0.126. The highest BCUT2D eigenvalue weighted by molar-refractivity contribution is 5.11. The van der Waals surface area contributed by atoms with Crippen LogP contribution in [0.2, 0.25) is 0 Å². The minimum atomic E-state index is 0.266. The van der Waals surface area contributed by atoms with Crippen LogP contribution in [0.15, 0.2) is 16.5 Å². The van der Waals surface area contributed by atoms with Gasteiger partial charge in [0.25, 0.3) is 0 Å². The molecule has 0 saturated carbocycles. The number of hydrogen-bond acceptors (Lipinski definition) is 3. The van der Waals surface area contributed by atoms with Gasteiger partial charge >= 0.3 is 0 Å². The Morgan fingerprint density at radius 1 is 1.41 bits per heavy atom. The maximum Gasteiger partial charge on any atom is 0.122 e. The number of hydrogen-bond donors (Lipinski definition) is 1. The van der Waals surface area contributed by atoms with Crippen LogP contribution in [0.3, 0.4) is 0 Å². The lowest BCUT2D eigenvalue weighted by Gasteiger charge is -2.35. The van der Waals surface area contributed by atoms with Gasteiger partial charge in [0.2, 0.25) is 0 Å². The second kappa shape index (κ2) is 5.69. The van der Waals surface area contributed by atoms with Crippen LogP contribution in [0.25, 0.3) is 0 Å². The Balaban J connectivity index is 2.05. The molecular formula is C14H24N2O. The van der Waals surface area contributed by atoms with E-state index in [1.54, 1.807) is 0 Å². The summed E-state index contributed by atoms with van der Waals surface area (Å²) in [7, 11) is 0. The third-order valence-electron chi connectivity index (χ3n) is 3.84. The van der Waals surface area contributed by atoms with Crippen LogP contribution in [0, 0.1) is 5.92 Å². The fraction of sp³-hybridized carbons (Fsp3) is 0.714. The number of piperidine rings is 1. The fourth-order valence-corrected chi connectivity index (χ4v) is 2.55. The van der Waals surface area contributed by atoms with E-state index in [1.165, 1.54) is 12.8 Å². The number of nitrogens with zero attached hydrogens (tertiary/aromatic N) is 1. The Kier molecular flexibility index (Phi) is 4.24. The third-order valence-corrected chi connectivity index (χ3v) is 3.84. The molecule has 2 N–H and O–H groups in total. The van der Waals surface area contributed by atoms with Crippen LogP contribution in [0.4, 0.5) is 0 Å². The summed E-state index contributed by atoms with van der Waals surface area (Å²) in [5, 5.41) is 0. The van der Waals surface area contributed by atoms with Crippen molar-refractivity contribution in [2.75, 3.05) is 19.6 Å². The molecule has 0 radical (unpaired) electrons. The molecule has 0 aromatic carbocycles. The predicted molar refractivity (Wildman–Crippen MR) is 69.9 cm³/mol. The Bertz CT molecular complexity index is 340. The minimum Gasteiger partial charge on any atom is -0.464 e. The SMILES string of the molecule is CCc1ccc(C(CN)N2CCC(C)CC2)o1. The van der Waals surface area contributed by atoms with Crippen LogP contribution < -0.4 is 5.73 Å². The van der Waals surface area contributed by atoms with Crippen molar-refractivity contribution >= 4 is 0 Å². The van der Waals surface area contributed by atoms with Gasteiger partial charge in [0, 0.05) is 13.0 Å². The zero-order valence-corrected chi connectivity index (χ0v) is 11.0. The summed E-state index contributed by atoms with van der Waals surface area (Å²) in [5.74, 6) is 2.95. The van der Waals surface area contributed by atoms with E-state index in [2.05, 4.69) is 30.9 Å². The van der Waals surface area contributed by atoms with Crippen LogP contribution in [-0.4, -0.2) is 24.5 Å². The molecule has 3 nitrogen and oxygen atoms in total. The monoisotopic (exact) mass is 236 g/mol. The van der Waals surface area contributed by atoms with E-state index < -0.39 is 0 Å². The van der Waals surface area contributed by atoms with E-state index in [0.29, 0.717) is 6.54 Å². The summed E-state index contributed by atoms with van der Waals surface area (Å²) in [6.07, 6.45) is 3.50. The van der Waals surface area contributed by atoms with Gasteiger partial charge in [-0.25, -0.2) is 0 Å². The summed E-state index contributed by atoms with van der Waals surface area (Å²) in [6.45, 7) is 7.38. The van der Waals surface area contributed by atoms with Crippen molar-refractivity contribution in [3.8, 4) is 0 Å². The van der Waals surface area contributed by atoms with Crippen molar-refractivity contribution in [1.82, 2.24) is 4.90 Å². The van der Waals surface area contributed by atoms with Crippen LogP contribution in [0.5, 0.6) is 0 Å². The lowest BCUT2D eigenvalue weighted by Crippen LogP contribution is -2.39. The average Bonchev–Trinajstić information content (AvgIpc) is 2.81. The molecule has 17 heavy (non-hydrogen) atoms. The number of furan rings is 1. The summed E-state index contributed by atoms with van der Waals surface area (Å²) in [5.41, 5.74) is 5.92. The van der Waals surface area contributed by atoms with Gasteiger partial charge in [-0.2, -0.15) is 0 Å². The number of aryl methyl sites for hydroxylation is 1. The quantitative estimate of drug-likeness (QED) is 0.873. The van der Waals surface area contributed by atoms with Gasteiger partial charge in [0.05, 0.1) is 6.04 Å². The molecule has 96 valence electrons. The van der Waals surface area contributed by atoms with Crippen molar-refractivity contribution in [1.29, 1.82) is 0 Å². The average molecular weight is 236 g/mol. The van der Waals surface area contributed by atoms with E-state index >= 15 is 0 Å². The first kappa shape index (κ1) is 12.7. The van der Waals surface area contributed by atoms with Gasteiger partial charge in [-0.15, -0.1) is 0 Å². The van der Waals surface area contributed by atoms with Gasteiger partial charge in [0.1, 0.15) is 11.5 Å². The zero-order chi connectivity index (χ0) is 12.3. The highest BCUT2D eigenvalue weighted by Crippen LogP contribution is 2.27. The maximum atomic E-state index is 5.92. The maximum absolute atomic E-state index is 5.92. The van der Waals surface area contributed by atoms with Crippen molar-refractivity contribution < 1.29 is 4.42 Å². The molecule has 0 spiro atoms. The summed E-state index contributed by atoms with van der Waals surface area (Å²) < 4.78 is 5.84. The highest BCUT2D eigenvalue weighted by atomic mass is 16.3. The minimum absolute atomic E-state index is 0.266. The van der Waals surface area contributed by atoms with Crippen molar-refractivity contribution in [3.05, 3.63) is 23.7 Å². The lowest BCUT2D eigenvalue weighted by atomic mass is 9.97. The Morgan fingerprint density at radius 3 is 2.65 bits per heavy atom. The van der Waals surface area contributed by atoms with E-state index in [4.69, 9.17) is 10.2 Å². The first-order valence-electron chi connectivity index (χ1n) is 6.77. The molecule has 0 amide bonds. The van der Waals surface area contributed by atoms with E-state index in [1.807, 2.05) is 0 Å². The molecule has 1 aliphatic rings. The molecule has 3 heteroatoms. The van der Waals surface area contributed by atoms with Gasteiger partial charge in [-0.05, 0) is 44.0 Å². The standard InChI is InChI=1S/C14H24N2O/c1-3-12-4-5-14(17-12)13(10-15)16-8-6-11(2)7-9-16/h4-5,11,13H,3,6-10,15H2,1-2H3. The second-order valence-electron chi connectivity index (χ2n) is 5.13. The first-order chi connectivity index (χ1) is 8.24. The second-order valence-corrected chi connectivity index (χ2v) is 5.13. The molecule has 1 fully saturated rings. The normalized spacial score (nSPS) is 20.6. The summed E-state index contributed by atoms with van der Waals surface area (Å²) in [4.78, 5) is 2.47. The number of rotatable bonds is 4. The molecule has 1 atom stereocenters. The van der Waals surface area contributed by atoms with Gasteiger partial charge in [-0.3, -0.25) is 4.90 Å². The molecule has 1 saturated heterocycles. The van der Waals surface area contributed by atoms with Crippen molar-refractivity contribution in [3.63, 3.8) is 0 Å². The molecule has 2 rings (SSSR count). The fourth-order valence-electron chi connectivity index (χ4n) is 2.55. The molecular weight excluding hydrogens is 212 g/mol. The van der Waals surface area contributed by atoms with E-state index in [9.17, 15) is 0 Å². The van der Waals surface area contributed by atoms with Gasteiger partial charge in [-0.1, -0.05) is 13.8 Å². The smallest absolute Gasteiger partial charge is 0.122 e. The third kappa shape index (κ3) is 2.90. The zero-order valence-electron chi connectivity index (χ0n) is 11.0. The van der Waals surface area contributed by atoms with Gasteiger partial charge in [0.15, 0.2) is 0 Å². The topological polar surface area (TPSA) is 42.4 Å². The van der Waals surface area contributed by atoms with Crippen LogP contribution in [0.1, 0.15) is 44.3 Å². The summed E-state index contributed by atoms with van der Waals surface area (Å²) in [6, 6.07) is 4.43. The Hall–Kier alpha value is -0.800. The largest absolute Gasteiger partial charge is 0.464 e. The van der Waals surface area contributed by atoms with Gasteiger partial charge < -0.3 is 10.2 Å². The molecule has 1 unspecified atom stereocenters. The molecule has 1 aromatic rings. The molecule has 1 aromatic heterocycles. The molecule has 1 aliphatic heterocycles. The van der Waals surface area contributed by atoms with E-state index in [-0.39, 0.29) is 6.04 Å². The summed E-state index contributed by atoms with van der Waals surface area (Å²) >= 11 is 0. The molecule has 2 heterocycles. The van der Waals surface area contributed by atoms with Crippen LogP contribution in [-0.2, 0) is 6.42 Å². The predicted octanol–water partition coefficient (Wildman–Crippen LogP) is 2.57. The molecule has 0 bridgehead atoms. The van der Waals surface area contributed by atoms with Crippen molar-refractivity contribution in [2.24, 2.45) is 11.7 Å². The number of likely N-dealkylation sites (tertiary alicyclic amines) is 1. The number of nitrogens with two attached hydrogens (primary N) is 1. The van der Waals surface area contributed by atoms with E-state index in [0.717, 1.165) is 36.9 Å². The van der Waals surface area contributed by atoms with Crippen molar-refractivity contribution in [2.45, 2.75) is 39.2 Å². The Morgan fingerprint density at radius 2 is 2.12 bits per heavy atom. The first-order valence-corrected chi connectivity index (χ1v) is 6.77. The highest BCUT2D eigenvalue weighted by Gasteiger charge is 2.25.